The summed E-state index contributed by atoms with van der Waals surface area (Å²) in [5, 5.41) is 11.6. The van der Waals surface area contributed by atoms with Crippen molar-refractivity contribution in [1.29, 1.82) is 0 Å². The first-order valence-electron chi connectivity index (χ1n) is 9.87. The van der Waals surface area contributed by atoms with Crippen LogP contribution in [0.1, 0.15) is 22.7 Å². The molecule has 0 aliphatic carbocycles. The largest absolute Gasteiger partial charge is 0.507 e. The fraction of sp³-hybridized carbons (Fsp3) is 0.0833. The molecule has 158 valence electrons. The number of hydrogen-bond acceptors (Lipinski definition) is 5. The van der Waals surface area contributed by atoms with E-state index in [4.69, 9.17) is 11.6 Å². The van der Waals surface area contributed by atoms with Crippen LogP contribution in [0.15, 0.2) is 72.6 Å². The topological polar surface area (TPSA) is 99.2 Å². The number of carbonyl (C=O) groups is 2. The van der Waals surface area contributed by atoms with E-state index in [1.807, 2.05) is 25.1 Å². The highest BCUT2D eigenvalue weighted by Crippen LogP contribution is 2.41. The van der Waals surface area contributed by atoms with Gasteiger partial charge in [-0.15, -0.1) is 0 Å². The number of halogens is 1. The Kier molecular flexibility index (Phi) is 4.75. The lowest BCUT2D eigenvalue weighted by Gasteiger charge is -2.22. The van der Waals surface area contributed by atoms with Gasteiger partial charge in [-0.05, 0) is 66.6 Å². The number of imidazole rings is 1. The first-order valence-corrected chi connectivity index (χ1v) is 10.2. The number of aromatic amines is 1. The van der Waals surface area contributed by atoms with E-state index in [1.54, 1.807) is 48.8 Å². The van der Waals surface area contributed by atoms with E-state index in [0.29, 0.717) is 21.7 Å². The number of amides is 1. The summed E-state index contributed by atoms with van der Waals surface area (Å²) >= 11 is 5.96. The second-order valence-corrected chi connectivity index (χ2v) is 7.97. The van der Waals surface area contributed by atoms with Crippen molar-refractivity contribution in [2.24, 2.45) is 0 Å². The molecule has 3 heterocycles. The fourth-order valence-electron chi connectivity index (χ4n) is 3.90. The van der Waals surface area contributed by atoms with Gasteiger partial charge in [0.05, 0.1) is 22.6 Å². The van der Waals surface area contributed by atoms with E-state index in [1.165, 1.54) is 4.90 Å². The Labute approximate surface area is 188 Å². The maximum absolute atomic E-state index is 13.2. The first-order chi connectivity index (χ1) is 15.4. The van der Waals surface area contributed by atoms with Gasteiger partial charge < -0.3 is 10.1 Å². The summed E-state index contributed by atoms with van der Waals surface area (Å²) in [7, 11) is 0. The molecular formula is C24H17ClN4O3. The molecule has 0 bridgehead atoms. The third-order valence-corrected chi connectivity index (χ3v) is 5.69. The smallest absolute Gasteiger partial charge is 0.302 e. The number of Topliss-reactive ketones (excluding diaryl/α,β-unsaturated/α-hetero) is 1. The summed E-state index contributed by atoms with van der Waals surface area (Å²) in [6, 6.07) is 14.6. The second-order valence-electron chi connectivity index (χ2n) is 7.54. The van der Waals surface area contributed by atoms with E-state index in [0.717, 1.165) is 11.1 Å². The fourth-order valence-corrected chi connectivity index (χ4v) is 4.03. The summed E-state index contributed by atoms with van der Waals surface area (Å²) in [5.74, 6) is -1.63. The summed E-state index contributed by atoms with van der Waals surface area (Å²) in [6.07, 6.45) is 3.14. The van der Waals surface area contributed by atoms with Gasteiger partial charge in [-0.1, -0.05) is 17.7 Å². The van der Waals surface area contributed by atoms with E-state index in [2.05, 4.69) is 15.0 Å². The van der Waals surface area contributed by atoms with Gasteiger partial charge in [0.2, 0.25) is 5.95 Å². The number of aryl methyl sites for hydroxylation is 1. The van der Waals surface area contributed by atoms with Gasteiger partial charge in [-0.2, -0.15) is 0 Å². The van der Waals surface area contributed by atoms with Crippen molar-refractivity contribution in [3.8, 4) is 0 Å². The van der Waals surface area contributed by atoms with Crippen molar-refractivity contribution in [2.75, 3.05) is 4.90 Å². The molecule has 4 aromatic rings. The molecule has 8 heteroatoms. The maximum Gasteiger partial charge on any atom is 0.302 e. The molecule has 1 atom stereocenters. The number of nitrogens with zero attached hydrogens (tertiary/aromatic N) is 3. The van der Waals surface area contributed by atoms with Gasteiger partial charge in [0.15, 0.2) is 0 Å². The summed E-state index contributed by atoms with van der Waals surface area (Å²) in [4.78, 5) is 39.3. The van der Waals surface area contributed by atoms with Crippen LogP contribution in [0.2, 0.25) is 5.02 Å². The highest BCUT2D eigenvalue weighted by atomic mass is 35.5. The Hall–Kier alpha value is -3.97. The number of benzene rings is 2. The molecule has 0 radical (unpaired) electrons. The number of rotatable bonds is 3. The molecular weight excluding hydrogens is 428 g/mol. The van der Waals surface area contributed by atoms with Crippen LogP contribution in [0.5, 0.6) is 0 Å². The minimum Gasteiger partial charge on any atom is -0.507 e. The Morgan fingerprint density at radius 1 is 1.06 bits per heavy atom. The van der Waals surface area contributed by atoms with Gasteiger partial charge in [-0.3, -0.25) is 19.5 Å². The minimum atomic E-state index is -0.879. The van der Waals surface area contributed by atoms with Crippen LogP contribution in [0.25, 0.3) is 16.8 Å². The van der Waals surface area contributed by atoms with Crippen molar-refractivity contribution < 1.29 is 14.7 Å². The van der Waals surface area contributed by atoms with E-state index in [-0.39, 0.29) is 17.3 Å². The molecule has 0 saturated carbocycles. The molecule has 1 fully saturated rings. The first kappa shape index (κ1) is 20.0. The van der Waals surface area contributed by atoms with E-state index >= 15 is 0 Å². The summed E-state index contributed by atoms with van der Waals surface area (Å²) < 4.78 is 0. The van der Waals surface area contributed by atoms with Crippen molar-refractivity contribution in [3.63, 3.8) is 0 Å². The predicted octanol–water partition coefficient (Wildman–Crippen LogP) is 4.55. The lowest BCUT2D eigenvalue weighted by atomic mass is 9.96. The molecule has 2 N–H and O–H groups in total. The van der Waals surface area contributed by atoms with Crippen LogP contribution in [-0.2, 0) is 9.59 Å². The Morgan fingerprint density at radius 2 is 1.78 bits per heavy atom. The third-order valence-electron chi connectivity index (χ3n) is 5.44. The number of aliphatic hydroxyl groups is 1. The predicted molar refractivity (Wildman–Crippen MR) is 121 cm³/mol. The normalized spacial score (nSPS) is 17.9. The second kappa shape index (κ2) is 7.62. The number of anilines is 1. The Morgan fingerprint density at radius 3 is 2.50 bits per heavy atom. The van der Waals surface area contributed by atoms with Crippen molar-refractivity contribution in [3.05, 3.63) is 94.3 Å². The molecule has 32 heavy (non-hydrogen) atoms. The molecule has 1 amide bonds. The van der Waals surface area contributed by atoms with Gasteiger partial charge in [0.25, 0.3) is 5.78 Å². The number of carbonyl (C=O) groups excluding carboxylic acids is 2. The number of ketones is 1. The standard InChI is InChI=1S/C24H17ClN4O3/c1-13-2-7-17-18(12-13)28-24(27-17)29-20(14-8-10-26-11-9-14)19(22(31)23(29)32)21(30)15-3-5-16(25)6-4-15/h2-12,20,30H,1H3,(H,27,28)/b21-19+. The lowest BCUT2D eigenvalue weighted by molar-refractivity contribution is -0.132. The molecule has 2 aromatic carbocycles. The number of nitrogens with one attached hydrogen (secondary N) is 1. The number of aliphatic hydroxyl groups excluding tert-OH is 1. The lowest BCUT2D eigenvalue weighted by Crippen LogP contribution is -2.30. The molecule has 1 aliphatic heterocycles. The zero-order valence-electron chi connectivity index (χ0n) is 16.9. The quantitative estimate of drug-likeness (QED) is 0.274. The van der Waals surface area contributed by atoms with Crippen molar-refractivity contribution in [2.45, 2.75) is 13.0 Å². The van der Waals surface area contributed by atoms with Crippen LogP contribution in [0, 0.1) is 6.92 Å². The van der Waals surface area contributed by atoms with Crippen LogP contribution in [-0.4, -0.2) is 31.7 Å². The molecule has 5 rings (SSSR count). The molecule has 1 unspecified atom stereocenters. The van der Waals surface area contributed by atoms with Crippen LogP contribution >= 0.6 is 11.6 Å². The van der Waals surface area contributed by atoms with Gasteiger partial charge >= 0.3 is 5.91 Å². The maximum atomic E-state index is 13.2. The average Bonchev–Trinajstić information content (AvgIpc) is 3.32. The minimum absolute atomic E-state index is 0.0276. The third kappa shape index (κ3) is 3.23. The van der Waals surface area contributed by atoms with E-state index < -0.39 is 17.7 Å². The number of aromatic nitrogens is 3. The summed E-state index contributed by atoms with van der Waals surface area (Å²) in [6.45, 7) is 1.95. The molecule has 7 nitrogen and oxygen atoms in total. The van der Waals surface area contributed by atoms with Crippen LogP contribution in [0.3, 0.4) is 0 Å². The highest BCUT2D eigenvalue weighted by molar-refractivity contribution is 6.51. The number of fused-ring (bicyclic) bond motifs is 1. The highest BCUT2D eigenvalue weighted by Gasteiger charge is 2.48. The van der Waals surface area contributed by atoms with Gasteiger partial charge in [-0.25, -0.2) is 4.98 Å². The SMILES string of the molecule is Cc1ccc2nc(N3C(=O)C(=O)/C(=C(/O)c4ccc(Cl)cc4)C3c3ccncc3)[nH]c2c1. The zero-order valence-corrected chi connectivity index (χ0v) is 17.7. The van der Waals surface area contributed by atoms with Gasteiger partial charge in [0.1, 0.15) is 5.76 Å². The molecule has 1 saturated heterocycles. The Balaban J connectivity index is 1.72. The van der Waals surface area contributed by atoms with Crippen LogP contribution in [0.4, 0.5) is 5.95 Å². The molecule has 0 spiro atoms. The van der Waals surface area contributed by atoms with Gasteiger partial charge in [0, 0.05) is 23.0 Å². The van der Waals surface area contributed by atoms with Crippen molar-refractivity contribution >= 4 is 46.0 Å². The number of H-pyrrole nitrogens is 1. The monoisotopic (exact) mass is 444 g/mol. The zero-order chi connectivity index (χ0) is 22.4. The Bertz CT molecular complexity index is 1390. The van der Waals surface area contributed by atoms with Crippen molar-refractivity contribution in [1.82, 2.24) is 15.0 Å². The van der Waals surface area contributed by atoms with Crippen LogP contribution < -0.4 is 4.90 Å². The number of hydrogen-bond donors (Lipinski definition) is 2. The molecule has 2 aromatic heterocycles. The van der Waals surface area contributed by atoms with E-state index in [9.17, 15) is 14.7 Å². The average molecular weight is 445 g/mol. The summed E-state index contributed by atoms with van der Waals surface area (Å²) in [5.41, 5.74) is 3.41. The number of pyridine rings is 1. The molecule has 1 aliphatic rings.